The van der Waals surface area contributed by atoms with Gasteiger partial charge in [0.05, 0.1) is 0 Å². The normalized spacial score (nSPS) is 29.9. The van der Waals surface area contributed by atoms with Gasteiger partial charge in [-0.2, -0.15) is 0 Å². The smallest absolute Gasteiger partial charge is 0.127 e. The molecular weight excluding hydrogens is 273 g/mol. The Hall–Kier alpha value is -0.600. The maximum Gasteiger partial charge on any atom is 0.127 e. The predicted octanol–water partition coefficient (Wildman–Crippen LogP) is 4.87. The zero-order chi connectivity index (χ0) is 14.3. The van der Waals surface area contributed by atoms with Crippen molar-refractivity contribution in [1.29, 1.82) is 0 Å². The number of hydrogen-bond donors (Lipinski definition) is 1. The van der Waals surface area contributed by atoms with E-state index in [1.807, 2.05) is 13.0 Å². The Balaban J connectivity index is 1.92. The molecule has 0 saturated heterocycles. The second-order valence-corrected chi connectivity index (χ2v) is 6.90. The maximum atomic E-state index is 13.6. The highest BCUT2D eigenvalue weighted by atomic mass is 35.5. The van der Waals surface area contributed by atoms with Crippen molar-refractivity contribution in [3.63, 3.8) is 0 Å². The largest absolute Gasteiger partial charge is 0.310 e. The molecule has 1 aromatic carbocycles. The summed E-state index contributed by atoms with van der Waals surface area (Å²) in [4.78, 5) is 0. The molecule has 2 aliphatic rings. The lowest BCUT2D eigenvalue weighted by Gasteiger charge is -2.32. The summed E-state index contributed by atoms with van der Waals surface area (Å²) >= 11 is 6.33. The van der Waals surface area contributed by atoms with Crippen molar-refractivity contribution in [3.05, 3.63) is 34.1 Å². The Labute approximate surface area is 125 Å². The van der Waals surface area contributed by atoms with Crippen molar-refractivity contribution in [2.24, 2.45) is 17.8 Å². The monoisotopic (exact) mass is 295 g/mol. The number of hydrogen-bond acceptors (Lipinski definition) is 1. The summed E-state index contributed by atoms with van der Waals surface area (Å²) in [5, 5.41) is 4.18. The van der Waals surface area contributed by atoms with Gasteiger partial charge in [-0.05, 0) is 67.7 Å². The number of nitrogens with one attached hydrogen (secondary N) is 1. The molecule has 1 aromatic rings. The van der Waals surface area contributed by atoms with Crippen LogP contribution >= 0.6 is 11.6 Å². The van der Waals surface area contributed by atoms with Crippen LogP contribution < -0.4 is 5.32 Å². The summed E-state index contributed by atoms with van der Waals surface area (Å²) in [6, 6.07) is 3.70. The molecule has 110 valence electrons. The van der Waals surface area contributed by atoms with Crippen LogP contribution in [0.3, 0.4) is 0 Å². The van der Waals surface area contributed by atoms with E-state index in [0.29, 0.717) is 16.5 Å². The number of aryl methyl sites for hydroxylation is 1. The molecule has 3 rings (SSSR count). The molecule has 0 heterocycles. The summed E-state index contributed by atoms with van der Waals surface area (Å²) in [5.41, 5.74) is 1.78. The topological polar surface area (TPSA) is 12.0 Å². The highest BCUT2D eigenvalue weighted by Gasteiger charge is 2.43. The third kappa shape index (κ3) is 2.48. The Bertz CT molecular complexity index is 502. The van der Waals surface area contributed by atoms with Gasteiger partial charge in [0.15, 0.2) is 0 Å². The first-order valence-corrected chi connectivity index (χ1v) is 8.16. The van der Waals surface area contributed by atoms with Crippen molar-refractivity contribution in [2.75, 3.05) is 6.54 Å². The quantitative estimate of drug-likeness (QED) is 0.835. The minimum Gasteiger partial charge on any atom is -0.310 e. The zero-order valence-corrected chi connectivity index (χ0v) is 13.0. The maximum absolute atomic E-state index is 13.6. The van der Waals surface area contributed by atoms with E-state index < -0.39 is 0 Å². The highest BCUT2D eigenvalue weighted by molar-refractivity contribution is 6.31. The van der Waals surface area contributed by atoms with Crippen LogP contribution in [0.5, 0.6) is 0 Å². The van der Waals surface area contributed by atoms with E-state index in [0.717, 1.165) is 23.9 Å². The second-order valence-electron chi connectivity index (χ2n) is 6.50. The van der Waals surface area contributed by atoms with Gasteiger partial charge in [-0.15, -0.1) is 0 Å². The summed E-state index contributed by atoms with van der Waals surface area (Å²) in [6.45, 7) is 4.87. The van der Waals surface area contributed by atoms with Crippen molar-refractivity contribution < 1.29 is 4.39 Å². The lowest BCUT2D eigenvalue weighted by atomic mass is 9.80. The standard InChI is InChI=1S/C17H23ClFN/c1-3-20-17(13-8-11-4-5-12(13)7-11)14-6-10(2)16(19)9-15(14)18/h6,9,11-13,17,20H,3-5,7-8H2,1-2H3. The van der Waals surface area contributed by atoms with E-state index >= 15 is 0 Å². The average Bonchev–Trinajstić information content (AvgIpc) is 3.03. The van der Waals surface area contributed by atoms with Gasteiger partial charge >= 0.3 is 0 Å². The molecule has 0 spiro atoms. The second kappa shape index (κ2) is 5.65. The number of benzene rings is 1. The van der Waals surface area contributed by atoms with Crippen LogP contribution in [0, 0.1) is 30.5 Å². The fourth-order valence-electron chi connectivity index (χ4n) is 4.33. The molecule has 4 unspecified atom stereocenters. The average molecular weight is 296 g/mol. The van der Waals surface area contributed by atoms with Crippen LogP contribution in [0.1, 0.15) is 49.8 Å². The molecule has 4 atom stereocenters. The first-order valence-electron chi connectivity index (χ1n) is 7.79. The molecule has 1 N–H and O–H groups in total. The SMILES string of the molecule is CCNC(c1cc(C)c(F)cc1Cl)C1CC2CCC1C2. The van der Waals surface area contributed by atoms with Gasteiger partial charge in [0.25, 0.3) is 0 Å². The van der Waals surface area contributed by atoms with Gasteiger partial charge in [0.1, 0.15) is 5.82 Å². The van der Waals surface area contributed by atoms with Gasteiger partial charge in [0.2, 0.25) is 0 Å². The zero-order valence-electron chi connectivity index (χ0n) is 12.3. The van der Waals surface area contributed by atoms with Crippen LogP contribution in [0.25, 0.3) is 0 Å². The van der Waals surface area contributed by atoms with Crippen LogP contribution in [0.15, 0.2) is 12.1 Å². The summed E-state index contributed by atoms with van der Waals surface area (Å²) in [7, 11) is 0. The Morgan fingerprint density at radius 2 is 2.15 bits per heavy atom. The van der Waals surface area contributed by atoms with Gasteiger partial charge in [0, 0.05) is 11.1 Å². The molecule has 0 aromatic heterocycles. The molecule has 2 bridgehead atoms. The molecule has 3 heteroatoms. The fraction of sp³-hybridized carbons (Fsp3) is 0.647. The molecule has 0 aliphatic heterocycles. The molecule has 20 heavy (non-hydrogen) atoms. The molecule has 2 saturated carbocycles. The molecule has 2 fully saturated rings. The minimum atomic E-state index is -0.207. The van der Waals surface area contributed by atoms with Crippen molar-refractivity contribution >= 4 is 11.6 Å². The van der Waals surface area contributed by atoms with Gasteiger partial charge < -0.3 is 5.32 Å². The van der Waals surface area contributed by atoms with E-state index in [1.54, 1.807) is 0 Å². The first kappa shape index (κ1) is 14.3. The van der Waals surface area contributed by atoms with Gasteiger partial charge in [-0.25, -0.2) is 4.39 Å². The van der Waals surface area contributed by atoms with Crippen LogP contribution in [0.2, 0.25) is 5.02 Å². The van der Waals surface area contributed by atoms with E-state index in [4.69, 9.17) is 11.6 Å². The fourth-order valence-corrected chi connectivity index (χ4v) is 4.60. The van der Waals surface area contributed by atoms with Crippen molar-refractivity contribution in [1.82, 2.24) is 5.32 Å². The van der Waals surface area contributed by atoms with Gasteiger partial charge in [-0.3, -0.25) is 0 Å². The van der Waals surface area contributed by atoms with Crippen LogP contribution in [0.4, 0.5) is 4.39 Å². The molecule has 0 radical (unpaired) electrons. The predicted molar refractivity (Wildman–Crippen MR) is 81.5 cm³/mol. The van der Waals surface area contributed by atoms with E-state index in [-0.39, 0.29) is 11.9 Å². The van der Waals surface area contributed by atoms with Crippen LogP contribution in [-0.4, -0.2) is 6.54 Å². The summed E-state index contributed by atoms with van der Waals surface area (Å²) in [6.07, 6.45) is 5.44. The lowest BCUT2D eigenvalue weighted by Crippen LogP contribution is -2.31. The third-order valence-corrected chi connectivity index (χ3v) is 5.59. The van der Waals surface area contributed by atoms with E-state index in [2.05, 4.69) is 12.2 Å². The van der Waals surface area contributed by atoms with E-state index in [9.17, 15) is 4.39 Å². The van der Waals surface area contributed by atoms with Crippen molar-refractivity contribution in [3.8, 4) is 0 Å². The Morgan fingerprint density at radius 3 is 2.75 bits per heavy atom. The first-order chi connectivity index (χ1) is 9.60. The molecular formula is C17H23ClFN. The van der Waals surface area contributed by atoms with Crippen molar-refractivity contribution in [2.45, 2.75) is 45.6 Å². The molecule has 2 aliphatic carbocycles. The summed E-state index contributed by atoms with van der Waals surface area (Å²) < 4.78 is 13.6. The third-order valence-electron chi connectivity index (χ3n) is 5.26. The lowest BCUT2D eigenvalue weighted by molar-refractivity contribution is 0.253. The highest BCUT2D eigenvalue weighted by Crippen LogP contribution is 2.53. The Kier molecular flexibility index (Phi) is 4.05. The molecule has 0 amide bonds. The van der Waals surface area contributed by atoms with Crippen LogP contribution in [-0.2, 0) is 0 Å². The van der Waals surface area contributed by atoms with Gasteiger partial charge in [-0.1, -0.05) is 31.0 Å². The summed E-state index contributed by atoms with van der Waals surface area (Å²) in [5.74, 6) is 2.19. The number of rotatable bonds is 4. The number of fused-ring (bicyclic) bond motifs is 2. The minimum absolute atomic E-state index is 0.207. The Morgan fingerprint density at radius 1 is 1.35 bits per heavy atom. The molecule has 1 nitrogen and oxygen atoms in total. The van der Waals surface area contributed by atoms with E-state index in [1.165, 1.54) is 31.7 Å². The number of halogens is 2.